The van der Waals surface area contributed by atoms with Gasteiger partial charge >= 0.3 is 5.97 Å². The number of rotatable bonds is 3. The number of esters is 1. The topological polar surface area (TPSA) is 55.8 Å². The summed E-state index contributed by atoms with van der Waals surface area (Å²) in [5, 5.41) is 9.46. The maximum Gasteiger partial charge on any atom is 0.330 e. The number of carbonyl (C=O) groups is 1. The summed E-state index contributed by atoms with van der Waals surface area (Å²) in [6, 6.07) is 4.75. The first-order valence-corrected chi connectivity index (χ1v) is 4.30. The average Bonchev–Trinajstić information content (AvgIpc) is 2.27. The third kappa shape index (κ3) is 3.02. The van der Waals surface area contributed by atoms with Crippen molar-refractivity contribution >= 4 is 12.0 Å². The van der Waals surface area contributed by atoms with Crippen LogP contribution in [-0.4, -0.2) is 25.3 Å². The van der Waals surface area contributed by atoms with Gasteiger partial charge in [0.15, 0.2) is 0 Å². The van der Waals surface area contributed by atoms with Crippen molar-refractivity contribution in [3.05, 3.63) is 29.8 Å². The maximum absolute atomic E-state index is 10.8. The van der Waals surface area contributed by atoms with Crippen molar-refractivity contribution in [2.45, 2.75) is 0 Å². The smallest absolute Gasteiger partial charge is 0.330 e. The van der Waals surface area contributed by atoms with Crippen molar-refractivity contribution < 1.29 is 19.4 Å². The summed E-state index contributed by atoms with van der Waals surface area (Å²) < 4.78 is 9.41. The Labute approximate surface area is 87.7 Å². The van der Waals surface area contributed by atoms with Gasteiger partial charge in [-0.05, 0) is 24.3 Å². The Kier molecular flexibility index (Phi) is 3.74. The van der Waals surface area contributed by atoms with Crippen molar-refractivity contribution in [3.63, 3.8) is 0 Å². The van der Waals surface area contributed by atoms with E-state index >= 15 is 0 Å². The molecule has 1 aromatic carbocycles. The summed E-state index contributed by atoms with van der Waals surface area (Å²) in [7, 11) is 2.82. The summed E-state index contributed by atoms with van der Waals surface area (Å²) in [4.78, 5) is 10.8. The number of phenols is 1. The fraction of sp³-hybridized carbons (Fsp3) is 0.182. The number of phenolic OH excluding ortho intramolecular Hbond substituents is 1. The van der Waals surface area contributed by atoms with Gasteiger partial charge in [-0.25, -0.2) is 4.79 Å². The van der Waals surface area contributed by atoms with Gasteiger partial charge in [-0.3, -0.25) is 0 Å². The van der Waals surface area contributed by atoms with Crippen molar-refractivity contribution in [2.75, 3.05) is 14.2 Å². The highest BCUT2D eigenvalue weighted by Crippen LogP contribution is 2.23. The average molecular weight is 208 g/mol. The number of hydrogen-bond donors (Lipinski definition) is 1. The zero-order valence-corrected chi connectivity index (χ0v) is 8.56. The van der Waals surface area contributed by atoms with E-state index in [4.69, 9.17) is 4.74 Å². The van der Waals surface area contributed by atoms with Gasteiger partial charge in [0.05, 0.1) is 14.2 Å². The second-order valence-electron chi connectivity index (χ2n) is 2.78. The predicted molar refractivity (Wildman–Crippen MR) is 55.7 cm³/mol. The molecule has 0 atom stereocenters. The van der Waals surface area contributed by atoms with E-state index in [2.05, 4.69) is 4.74 Å². The molecule has 0 aliphatic rings. The van der Waals surface area contributed by atoms with Crippen LogP contribution in [0.15, 0.2) is 24.3 Å². The van der Waals surface area contributed by atoms with Gasteiger partial charge in [-0.15, -0.1) is 0 Å². The zero-order chi connectivity index (χ0) is 11.3. The van der Waals surface area contributed by atoms with E-state index < -0.39 is 5.97 Å². The summed E-state index contributed by atoms with van der Waals surface area (Å²) in [6.45, 7) is 0. The molecular formula is C11H12O4. The van der Waals surface area contributed by atoms with Crippen LogP contribution in [0.1, 0.15) is 5.56 Å². The highest BCUT2D eigenvalue weighted by molar-refractivity contribution is 5.87. The third-order valence-electron chi connectivity index (χ3n) is 1.83. The predicted octanol–water partition coefficient (Wildman–Crippen LogP) is 1.59. The van der Waals surface area contributed by atoms with Crippen LogP contribution in [0.3, 0.4) is 0 Å². The summed E-state index contributed by atoms with van der Waals surface area (Å²) in [5.74, 6) is 0.213. The Balaban J connectivity index is 2.93. The van der Waals surface area contributed by atoms with Crippen LogP contribution in [0.5, 0.6) is 11.5 Å². The molecule has 0 heterocycles. The van der Waals surface area contributed by atoms with E-state index in [9.17, 15) is 9.90 Å². The monoisotopic (exact) mass is 208 g/mol. The van der Waals surface area contributed by atoms with Crippen LogP contribution >= 0.6 is 0 Å². The molecule has 0 radical (unpaired) electrons. The summed E-state index contributed by atoms with van der Waals surface area (Å²) in [6.07, 6.45) is 2.69. The molecule has 0 bridgehead atoms. The quantitative estimate of drug-likeness (QED) is 0.605. The lowest BCUT2D eigenvalue weighted by Gasteiger charge is -2.02. The lowest BCUT2D eigenvalue weighted by molar-refractivity contribution is -0.134. The molecule has 0 saturated carbocycles. The van der Waals surface area contributed by atoms with Crippen molar-refractivity contribution in [1.82, 2.24) is 0 Å². The van der Waals surface area contributed by atoms with Gasteiger partial charge in [0.2, 0.25) is 0 Å². The molecule has 15 heavy (non-hydrogen) atoms. The van der Waals surface area contributed by atoms with E-state index in [-0.39, 0.29) is 5.75 Å². The molecule has 0 aliphatic heterocycles. The lowest BCUT2D eigenvalue weighted by Crippen LogP contribution is -1.93. The number of benzene rings is 1. The number of ether oxygens (including phenoxy) is 2. The molecular weight excluding hydrogens is 196 g/mol. The standard InChI is InChI=1S/C11H12O4/c1-14-9-4-5-10(12)8(7-9)3-6-11(13)15-2/h3-7,12H,1-2H3/b6-3+. The highest BCUT2D eigenvalue weighted by atomic mass is 16.5. The van der Waals surface area contributed by atoms with Crippen LogP contribution < -0.4 is 4.74 Å². The molecule has 0 aliphatic carbocycles. The fourth-order valence-electron chi connectivity index (χ4n) is 1.02. The largest absolute Gasteiger partial charge is 0.507 e. The number of hydrogen-bond acceptors (Lipinski definition) is 4. The van der Waals surface area contributed by atoms with Crippen LogP contribution in [0.25, 0.3) is 6.08 Å². The molecule has 80 valence electrons. The zero-order valence-electron chi connectivity index (χ0n) is 8.56. The normalized spacial score (nSPS) is 10.3. The van der Waals surface area contributed by atoms with Crippen molar-refractivity contribution in [2.24, 2.45) is 0 Å². The second kappa shape index (κ2) is 5.05. The van der Waals surface area contributed by atoms with Gasteiger partial charge in [-0.1, -0.05) is 0 Å². The van der Waals surface area contributed by atoms with Gasteiger partial charge in [0.25, 0.3) is 0 Å². The summed E-state index contributed by atoms with van der Waals surface area (Å²) in [5.41, 5.74) is 0.500. The van der Waals surface area contributed by atoms with Crippen LogP contribution in [0.4, 0.5) is 0 Å². The van der Waals surface area contributed by atoms with Gasteiger partial charge < -0.3 is 14.6 Å². The number of aromatic hydroxyl groups is 1. The van der Waals surface area contributed by atoms with Crippen molar-refractivity contribution in [3.8, 4) is 11.5 Å². The Morgan fingerprint density at radius 2 is 2.13 bits per heavy atom. The van der Waals surface area contributed by atoms with Gasteiger partial charge in [-0.2, -0.15) is 0 Å². The molecule has 0 amide bonds. The molecule has 4 nitrogen and oxygen atoms in total. The van der Waals surface area contributed by atoms with E-state index in [1.165, 1.54) is 32.4 Å². The molecule has 1 N–H and O–H groups in total. The molecule has 1 aromatic rings. The minimum Gasteiger partial charge on any atom is -0.507 e. The van der Waals surface area contributed by atoms with Crippen LogP contribution in [0, 0.1) is 0 Å². The minimum atomic E-state index is -0.475. The minimum absolute atomic E-state index is 0.0796. The molecule has 1 rings (SSSR count). The molecule has 0 unspecified atom stereocenters. The maximum atomic E-state index is 10.8. The molecule has 4 heteroatoms. The van der Waals surface area contributed by atoms with E-state index in [0.717, 1.165) is 0 Å². The molecule has 0 fully saturated rings. The Hall–Kier alpha value is -1.97. The molecule has 0 aromatic heterocycles. The Bertz CT molecular complexity index is 382. The number of carbonyl (C=O) groups excluding carboxylic acids is 1. The van der Waals surface area contributed by atoms with Gasteiger partial charge in [0, 0.05) is 11.6 Å². The van der Waals surface area contributed by atoms with E-state index in [0.29, 0.717) is 11.3 Å². The van der Waals surface area contributed by atoms with Crippen LogP contribution in [-0.2, 0) is 9.53 Å². The Morgan fingerprint density at radius 3 is 2.73 bits per heavy atom. The third-order valence-corrected chi connectivity index (χ3v) is 1.83. The van der Waals surface area contributed by atoms with Crippen molar-refractivity contribution in [1.29, 1.82) is 0 Å². The summed E-state index contributed by atoms with van der Waals surface area (Å²) >= 11 is 0. The SMILES string of the molecule is COC(=O)/C=C/c1cc(OC)ccc1O. The first-order chi connectivity index (χ1) is 7.17. The van der Waals surface area contributed by atoms with E-state index in [1.54, 1.807) is 12.1 Å². The molecule has 0 spiro atoms. The molecule has 0 saturated heterocycles. The first-order valence-electron chi connectivity index (χ1n) is 4.30. The second-order valence-corrected chi connectivity index (χ2v) is 2.78. The first kappa shape index (κ1) is 11.1. The lowest BCUT2D eigenvalue weighted by atomic mass is 10.2. The fourth-order valence-corrected chi connectivity index (χ4v) is 1.02. The Morgan fingerprint density at radius 1 is 1.40 bits per heavy atom. The van der Waals surface area contributed by atoms with Crippen LogP contribution in [0.2, 0.25) is 0 Å². The van der Waals surface area contributed by atoms with Gasteiger partial charge in [0.1, 0.15) is 11.5 Å². The van der Waals surface area contributed by atoms with E-state index in [1.807, 2.05) is 0 Å². The highest BCUT2D eigenvalue weighted by Gasteiger charge is 2.00. The number of methoxy groups -OCH3 is 2.